The van der Waals surface area contributed by atoms with Crippen LogP contribution in [-0.4, -0.2) is 20.6 Å². The van der Waals surface area contributed by atoms with Crippen LogP contribution in [0, 0.1) is 13.8 Å². The molecule has 1 aliphatic rings. The van der Waals surface area contributed by atoms with Crippen molar-refractivity contribution < 1.29 is 4.79 Å². The molecule has 0 spiro atoms. The van der Waals surface area contributed by atoms with E-state index in [1.54, 1.807) is 6.20 Å². The van der Waals surface area contributed by atoms with Crippen molar-refractivity contribution >= 4 is 46.2 Å². The molecule has 0 saturated carbocycles. The van der Waals surface area contributed by atoms with Crippen LogP contribution in [0.15, 0.2) is 79.0 Å². The molecule has 0 unspecified atom stereocenters. The minimum atomic E-state index is -0.158. The van der Waals surface area contributed by atoms with Crippen LogP contribution in [0.4, 0.5) is 11.4 Å². The lowest BCUT2D eigenvalue weighted by Crippen LogP contribution is -2.29. The molecule has 4 aromatic rings. The molecule has 0 bridgehead atoms. The van der Waals surface area contributed by atoms with E-state index in [4.69, 9.17) is 23.8 Å². The van der Waals surface area contributed by atoms with Crippen molar-refractivity contribution in [1.82, 2.24) is 14.9 Å². The van der Waals surface area contributed by atoms with Gasteiger partial charge < -0.3 is 20.1 Å². The van der Waals surface area contributed by atoms with Gasteiger partial charge in [-0.3, -0.25) is 9.78 Å². The molecule has 36 heavy (non-hydrogen) atoms. The summed E-state index contributed by atoms with van der Waals surface area (Å²) in [5.41, 5.74) is 6.79. The molecule has 0 radical (unpaired) electrons. The van der Waals surface area contributed by atoms with Gasteiger partial charge in [-0.1, -0.05) is 29.8 Å². The topological polar surface area (TPSA) is 62.2 Å². The van der Waals surface area contributed by atoms with Crippen LogP contribution in [0.3, 0.4) is 0 Å². The van der Waals surface area contributed by atoms with Crippen molar-refractivity contribution in [2.24, 2.45) is 0 Å². The summed E-state index contributed by atoms with van der Waals surface area (Å²) in [6, 6.07) is 23.4. The minimum absolute atomic E-state index is 0.110. The van der Waals surface area contributed by atoms with Gasteiger partial charge in [0, 0.05) is 35.9 Å². The normalized spacial score (nSPS) is 17.2. The first kappa shape index (κ1) is 24.0. The number of hydrogen-bond acceptors (Lipinski definition) is 3. The molecule has 1 aliphatic heterocycles. The van der Waals surface area contributed by atoms with Gasteiger partial charge in [0.05, 0.1) is 28.5 Å². The first-order valence-electron chi connectivity index (χ1n) is 11.7. The molecule has 2 aromatic carbocycles. The van der Waals surface area contributed by atoms with Crippen LogP contribution in [0.1, 0.15) is 41.7 Å². The summed E-state index contributed by atoms with van der Waals surface area (Å²) in [5.74, 6) is -0.110. The fraction of sp³-hybridized carbons (Fsp3) is 0.179. The maximum atomic E-state index is 11.5. The van der Waals surface area contributed by atoms with Gasteiger partial charge in [-0.2, -0.15) is 0 Å². The Labute approximate surface area is 220 Å². The fourth-order valence-corrected chi connectivity index (χ4v) is 5.51. The summed E-state index contributed by atoms with van der Waals surface area (Å²) >= 11 is 12.5. The zero-order valence-corrected chi connectivity index (χ0v) is 21.8. The Bertz CT molecular complexity index is 1430. The predicted octanol–water partition coefficient (Wildman–Crippen LogP) is 6.28. The molecular formula is C28H26ClN5OS. The smallest absolute Gasteiger partial charge is 0.221 e. The van der Waals surface area contributed by atoms with Crippen molar-refractivity contribution in [2.45, 2.75) is 32.9 Å². The number of para-hydroxylation sites is 1. The number of aryl methyl sites for hydroxylation is 1. The van der Waals surface area contributed by atoms with Crippen LogP contribution in [-0.2, 0) is 4.79 Å². The number of hydrogen-bond donors (Lipinski definition) is 2. The second-order valence-corrected chi connectivity index (χ2v) is 9.63. The summed E-state index contributed by atoms with van der Waals surface area (Å²) in [4.78, 5) is 18.3. The highest BCUT2D eigenvalue weighted by atomic mass is 35.5. The van der Waals surface area contributed by atoms with Gasteiger partial charge in [-0.25, -0.2) is 0 Å². The zero-order valence-electron chi connectivity index (χ0n) is 20.2. The Kier molecular flexibility index (Phi) is 6.51. The van der Waals surface area contributed by atoms with Crippen LogP contribution >= 0.6 is 23.8 Å². The van der Waals surface area contributed by atoms with Gasteiger partial charge in [0.25, 0.3) is 0 Å². The number of thiocarbonyl (C=S) groups is 1. The number of anilines is 2. The number of carbonyl (C=O) groups is 1. The average Bonchev–Trinajstić information content (AvgIpc) is 3.35. The number of halogens is 1. The van der Waals surface area contributed by atoms with Crippen LogP contribution in [0.25, 0.3) is 5.69 Å². The summed E-state index contributed by atoms with van der Waals surface area (Å²) in [5, 5.41) is 7.64. The summed E-state index contributed by atoms with van der Waals surface area (Å²) in [6.45, 7) is 5.69. The lowest BCUT2D eigenvalue weighted by atomic mass is 9.96. The van der Waals surface area contributed by atoms with Gasteiger partial charge in [0.15, 0.2) is 5.11 Å². The third-order valence-electron chi connectivity index (χ3n) is 6.45. The molecule has 1 amide bonds. The number of pyridine rings is 1. The van der Waals surface area contributed by atoms with E-state index in [1.165, 1.54) is 6.92 Å². The summed E-state index contributed by atoms with van der Waals surface area (Å²) in [6.07, 6.45) is 1.80. The number of benzene rings is 2. The van der Waals surface area contributed by atoms with Crippen LogP contribution in [0.2, 0.25) is 5.02 Å². The molecule has 0 aliphatic carbocycles. The minimum Gasteiger partial charge on any atom is -0.351 e. The largest absolute Gasteiger partial charge is 0.351 e. The first-order valence-corrected chi connectivity index (χ1v) is 12.5. The molecule has 182 valence electrons. The highest BCUT2D eigenvalue weighted by Crippen LogP contribution is 2.44. The van der Waals surface area contributed by atoms with E-state index in [1.807, 2.05) is 66.7 Å². The molecule has 2 aromatic heterocycles. The van der Waals surface area contributed by atoms with Gasteiger partial charge in [0.2, 0.25) is 5.91 Å². The number of nitrogens with zero attached hydrogens (tertiary/aromatic N) is 3. The average molecular weight is 516 g/mol. The Hall–Kier alpha value is -3.68. The van der Waals surface area contributed by atoms with E-state index >= 15 is 0 Å². The lowest BCUT2D eigenvalue weighted by molar-refractivity contribution is -0.114. The van der Waals surface area contributed by atoms with Crippen molar-refractivity contribution in [3.63, 3.8) is 0 Å². The number of aromatic nitrogens is 2. The van der Waals surface area contributed by atoms with E-state index in [9.17, 15) is 4.79 Å². The highest BCUT2D eigenvalue weighted by molar-refractivity contribution is 7.80. The fourth-order valence-electron chi connectivity index (χ4n) is 4.95. The Morgan fingerprint density at radius 3 is 2.44 bits per heavy atom. The van der Waals surface area contributed by atoms with Crippen molar-refractivity contribution in [3.05, 3.63) is 107 Å². The quantitative estimate of drug-likeness (QED) is 0.306. The van der Waals surface area contributed by atoms with Crippen LogP contribution in [0.5, 0.6) is 0 Å². The molecule has 1 fully saturated rings. The SMILES string of the molecule is CC(=O)Nc1ccc(N2C(=S)N[C@H](c3ccccn3)[C@H]2c2cc(C)n(-c3ccccc3Cl)c2C)cc1. The number of amides is 1. The van der Waals surface area contributed by atoms with Crippen molar-refractivity contribution in [1.29, 1.82) is 0 Å². The van der Waals surface area contributed by atoms with Crippen LogP contribution < -0.4 is 15.5 Å². The Morgan fingerprint density at radius 2 is 1.78 bits per heavy atom. The highest BCUT2D eigenvalue weighted by Gasteiger charge is 2.42. The second kappa shape index (κ2) is 9.76. The second-order valence-electron chi connectivity index (χ2n) is 8.84. The monoisotopic (exact) mass is 515 g/mol. The Morgan fingerprint density at radius 1 is 1.06 bits per heavy atom. The van der Waals surface area contributed by atoms with E-state index < -0.39 is 0 Å². The predicted molar refractivity (Wildman–Crippen MR) is 149 cm³/mol. The Balaban J connectivity index is 1.64. The number of rotatable bonds is 5. The standard InChI is InChI=1S/C28H26ClN5OS/c1-17-16-22(18(2)33(17)25-10-5-4-8-23(25)29)27-26(24-9-6-7-15-30-24)32-28(36)34(27)21-13-11-20(12-14-21)31-19(3)35/h4-16,26-27H,1-3H3,(H,31,35)(H,32,36)/t26-,27-/m1/s1. The lowest BCUT2D eigenvalue weighted by Gasteiger charge is -2.28. The van der Waals surface area contributed by atoms with Gasteiger partial charge in [-0.15, -0.1) is 0 Å². The molecule has 2 N–H and O–H groups in total. The third-order valence-corrected chi connectivity index (χ3v) is 7.08. The molecule has 8 heteroatoms. The maximum absolute atomic E-state index is 11.5. The molecule has 3 heterocycles. The van der Waals surface area contributed by atoms with Gasteiger partial charge in [-0.05, 0) is 86.2 Å². The van der Waals surface area contributed by atoms with Crippen molar-refractivity contribution in [3.8, 4) is 5.69 Å². The van der Waals surface area contributed by atoms with Gasteiger partial charge in [0.1, 0.15) is 0 Å². The van der Waals surface area contributed by atoms with E-state index in [2.05, 4.69) is 45.0 Å². The van der Waals surface area contributed by atoms with E-state index in [-0.39, 0.29) is 18.0 Å². The molecule has 1 saturated heterocycles. The number of carbonyl (C=O) groups excluding carboxylic acids is 1. The maximum Gasteiger partial charge on any atom is 0.221 e. The van der Waals surface area contributed by atoms with E-state index in [0.717, 1.165) is 39.7 Å². The zero-order chi connectivity index (χ0) is 25.4. The van der Waals surface area contributed by atoms with Gasteiger partial charge >= 0.3 is 0 Å². The third kappa shape index (κ3) is 4.36. The van der Waals surface area contributed by atoms with Crippen molar-refractivity contribution in [2.75, 3.05) is 10.2 Å². The number of nitrogens with one attached hydrogen (secondary N) is 2. The van der Waals surface area contributed by atoms with E-state index in [0.29, 0.717) is 10.1 Å². The summed E-state index contributed by atoms with van der Waals surface area (Å²) in [7, 11) is 0. The molecular weight excluding hydrogens is 490 g/mol. The molecule has 5 rings (SSSR count). The first-order chi connectivity index (χ1) is 17.3. The molecule has 6 nitrogen and oxygen atoms in total. The summed E-state index contributed by atoms with van der Waals surface area (Å²) < 4.78 is 2.19. The molecule has 2 atom stereocenters.